The maximum atomic E-state index is 11.9. The predicted molar refractivity (Wildman–Crippen MR) is 196 cm³/mol. The summed E-state index contributed by atoms with van der Waals surface area (Å²) in [6, 6.07) is 29.1. The molecule has 2 heterocycles. The molecule has 0 radical (unpaired) electrons. The third kappa shape index (κ3) is 6.10. The van der Waals surface area contributed by atoms with Gasteiger partial charge in [-0.3, -0.25) is 0 Å². The zero-order valence-electron chi connectivity index (χ0n) is 28.2. The van der Waals surface area contributed by atoms with Crippen LogP contribution in [0.1, 0.15) is 68.6 Å². The van der Waals surface area contributed by atoms with Gasteiger partial charge in [0.25, 0.3) is 0 Å². The second-order valence-corrected chi connectivity index (χ2v) is 13.2. The van der Waals surface area contributed by atoms with E-state index in [2.05, 4.69) is 0 Å². The number of phenols is 7. The number of ether oxygens (including phenoxy) is 3. The topological polar surface area (TPSA) is 169 Å². The van der Waals surface area contributed by atoms with E-state index in [9.17, 15) is 35.7 Å². The van der Waals surface area contributed by atoms with E-state index in [0.717, 1.165) is 5.56 Å². The summed E-state index contributed by atoms with van der Waals surface area (Å²) in [6.45, 7) is 0. The number of phenolic OH excluding ortho intramolecular Hbond substituents is 7. The summed E-state index contributed by atoms with van der Waals surface area (Å²) in [5.41, 5.74) is 4.79. The average Bonchev–Trinajstić information content (AvgIpc) is 3.72. The van der Waals surface area contributed by atoms with Crippen molar-refractivity contribution in [1.82, 2.24) is 0 Å². The fourth-order valence-electron chi connectivity index (χ4n) is 7.39. The van der Waals surface area contributed by atoms with Crippen molar-refractivity contribution in [2.45, 2.75) is 24.0 Å². The first-order chi connectivity index (χ1) is 25.6. The lowest BCUT2D eigenvalue weighted by Crippen LogP contribution is -2.12. The molecule has 2 aliphatic rings. The van der Waals surface area contributed by atoms with Gasteiger partial charge in [-0.25, -0.2) is 0 Å². The summed E-state index contributed by atoms with van der Waals surface area (Å²) in [6.07, 6.45) is 2.22. The summed E-state index contributed by atoms with van der Waals surface area (Å²) >= 11 is 0. The number of aromatic hydroxyl groups is 7. The molecule has 0 aliphatic carbocycles. The molecule has 0 bridgehead atoms. The van der Waals surface area contributed by atoms with Crippen LogP contribution in [0.3, 0.4) is 0 Å². The van der Waals surface area contributed by atoms with Crippen LogP contribution in [0.25, 0.3) is 12.2 Å². The lowest BCUT2D eigenvalue weighted by molar-refractivity contribution is 0.217. The van der Waals surface area contributed by atoms with Gasteiger partial charge in [0, 0.05) is 17.2 Å². The lowest BCUT2D eigenvalue weighted by atomic mass is 9.81. The molecule has 10 heteroatoms. The maximum Gasteiger partial charge on any atom is 0.160 e. The summed E-state index contributed by atoms with van der Waals surface area (Å²) in [4.78, 5) is 0. The molecule has 8 rings (SSSR count). The van der Waals surface area contributed by atoms with Gasteiger partial charge in [0.2, 0.25) is 0 Å². The molecule has 7 N–H and O–H groups in total. The van der Waals surface area contributed by atoms with E-state index in [-0.39, 0.29) is 46.0 Å². The predicted octanol–water partition coefficient (Wildman–Crippen LogP) is 8.34. The van der Waals surface area contributed by atoms with Crippen molar-refractivity contribution >= 4 is 12.2 Å². The Morgan fingerprint density at radius 2 is 0.981 bits per heavy atom. The van der Waals surface area contributed by atoms with E-state index in [1.54, 1.807) is 78.9 Å². The highest BCUT2D eigenvalue weighted by atomic mass is 16.5. The normalized spacial score (nSPS) is 18.7. The van der Waals surface area contributed by atoms with Crippen LogP contribution in [0.4, 0.5) is 0 Å². The van der Waals surface area contributed by atoms with Crippen LogP contribution in [0.5, 0.6) is 57.5 Å². The molecule has 6 aromatic carbocycles. The highest BCUT2D eigenvalue weighted by molar-refractivity contribution is 5.73. The molecule has 2 aliphatic heterocycles. The minimum absolute atomic E-state index is 0.0257. The van der Waals surface area contributed by atoms with Crippen molar-refractivity contribution in [2.24, 2.45) is 0 Å². The number of hydrogen-bond acceptors (Lipinski definition) is 10. The standard InChI is InChI=1S/C43H34O10/c1-51-35-19-25(8-13-32(35)48)43-38(26-16-30(46)21-31(47)17-26)41-34(50)18-27(20-37(41)53-43)39-40-33(49)14-23(3-2-22-4-9-28(44)10-5-22)15-36(40)52-42(39)24-6-11-29(45)12-7-24/h2-21,38-39,42-50H,1H3/t38-,39+,42-,43+/m0/s1. The monoisotopic (exact) mass is 710 g/mol. The zero-order valence-corrected chi connectivity index (χ0v) is 28.2. The lowest BCUT2D eigenvalue weighted by Gasteiger charge is -2.22. The molecule has 0 amide bonds. The van der Waals surface area contributed by atoms with Crippen LogP contribution in [-0.4, -0.2) is 42.9 Å². The Hall–Kier alpha value is -6.94. The fraction of sp³-hybridized carbons (Fsp3) is 0.116. The summed E-state index contributed by atoms with van der Waals surface area (Å²) in [5, 5.41) is 74.4. The van der Waals surface area contributed by atoms with E-state index in [1.165, 1.54) is 31.4 Å². The highest BCUT2D eigenvalue weighted by Gasteiger charge is 2.44. The van der Waals surface area contributed by atoms with Crippen LogP contribution in [0.2, 0.25) is 0 Å². The summed E-state index contributed by atoms with van der Waals surface area (Å²) in [5.74, 6) is -0.685. The number of fused-ring (bicyclic) bond motifs is 2. The minimum Gasteiger partial charge on any atom is -0.508 e. The fourth-order valence-corrected chi connectivity index (χ4v) is 7.39. The first-order valence-electron chi connectivity index (χ1n) is 16.8. The van der Waals surface area contributed by atoms with Gasteiger partial charge in [0.05, 0.1) is 18.9 Å². The van der Waals surface area contributed by atoms with Gasteiger partial charge < -0.3 is 50.0 Å². The first kappa shape index (κ1) is 33.2. The van der Waals surface area contributed by atoms with Crippen LogP contribution in [0.15, 0.2) is 109 Å². The summed E-state index contributed by atoms with van der Waals surface area (Å²) < 4.78 is 18.5. The minimum atomic E-state index is -0.779. The van der Waals surface area contributed by atoms with Crippen molar-refractivity contribution < 1.29 is 50.0 Å². The van der Waals surface area contributed by atoms with E-state index >= 15 is 0 Å². The van der Waals surface area contributed by atoms with Crippen molar-refractivity contribution in [3.63, 3.8) is 0 Å². The molecule has 0 fully saturated rings. The number of rotatable bonds is 7. The molecule has 6 aromatic rings. The first-order valence-corrected chi connectivity index (χ1v) is 16.8. The van der Waals surface area contributed by atoms with Gasteiger partial charge in [0.15, 0.2) is 11.5 Å². The molecular formula is C43H34O10. The largest absolute Gasteiger partial charge is 0.508 e. The van der Waals surface area contributed by atoms with E-state index < -0.39 is 24.0 Å². The van der Waals surface area contributed by atoms with Gasteiger partial charge in [-0.15, -0.1) is 0 Å². The van der Waals surface area contributed by atoms with E-state index in [0.29, 0.717) is 50.4 Å². The van der Waals surface area contributed by atoms with Gasteiger partial charge in [-0.1, -0.05) is 42.5 Å². The molecule has 10 nitrogen and oxygen atoms in total. The van der Waals surface area contributed by atoms with Crippen LogP contribution in [-0.2, 0) is 0 Å². The quantitative estimate of drug-likeness (QED) is 0.0800. The average molecular weight is 711 g/mol. The Labute approximate surface area is 303 Å². The highest BCUT2D eigenvalue weighted by Crippen LogP contribution is 2.59. The smallest absolute Gasteiger partial charge is 0.160 e. The number of methoxy groups -OCH3 is 1. The van der Waals surface area contributed by atoms with Crippen molar-refractivity contribution in [1.29, 1.82) is 0 Å². The molecule has 0 aromatic heterocycles. The van der Waals surface area contributed by atoms with Gasteiger partial charge in [-0.05, 0) is 106 Å². The second kappa shape index (κ2) is 13.0. The Balaban J connectivity index is 1.25. The number of benzene rings is 6. The molecule has 266 valence electrons. The molecular weight excluding hydrogens is 676 g/mol. The van der Waals surface area contributed by atoms with Crippen molar-refractivity contribution in [3.05, 3.63) is 154 Å². The zero-order chi connectivity index (χ0) is 37.0. The Morgan fingerprint density at radius 1 is 0.453 bits per heavy atom. The SMILES string of the molecule is COc1cc([C@H]2Oc3cc([C@@H]4c5c(O)cc(C=Cc6ccc(O)cc6)cc5O[C@H]4c4ccc(O)cc4)cc(O)c3[C@@H]2c2cc(O)cc(O)c2)ccc1O. The molecule has 0 unspecified atom stereocenters. The molecule has 4 atom stereocenters. The Kier molecular flexibility index (Phi) is 8.14. The second-order valence-electron chi connectivity index (χ2n) is 13.2. The van der Waals surface area contributed by atoms with Gasteiger partial charge in [0.1, 0.15) is 58.2 Å². The van der Waals surface area contributed by atoms with Crippen molar-refractivity contribution in [3.8, 4) is 57.5 Å². The van der Waals surface area contributed by atoms with Gasteiger partial charge in [-0.2, -0.15) is 0 Å². The Bertz CT molecular complexity index is 2360. The Morgan fingerprint density at radius 3 is 1.62 bits per heavy atom. The maximum absolute atomic E-state index is 11.9. The van der Waals surface area contributed by atoms with Crippen LogP contribution in [0, 0.1) is 0 Å². The third-order valence-electron chi connectivity index (χ3n) is 9.78. The molecule has 53 heavy (non-hydrogen) atoms. The molecule has 0 spiro atoms. The van der Waals surface area contributed by atoms with Crippen LogP contribution < -0.4 is 14.2 Å². The number of hydrogen-bond donors (Lipinski definition) is 7. The van der Waals surface area contributed by atoms with Crippen molar-refractivity contribution in [2.75, 3.05) is 7.11 Å². The van der Waals surface area contributed by atoms with E-state index in [4.69, 9.17) is 14.2 Å². The third-order valence-corrected chi connectivity index (χ3v) is 9.78. The van der Waals surface area contributed by atoms with Crippen LogP contribution >= 0.6 is 0 Å². The van der Waals surface area contributed by atoms with E-state index in [1.807, 2.05) is 18.2 Å². The molecule has 0 saturated carbocycles. The molecule has 0 saturated heterocycles. The summed E-state index contributed by atoms with van der Waals surface area (Å²) in [7, 11) is 1.43. The van der Waals surface area contributed by atoms with Gasteiger partial charge >= 0.3 is 0 Å².